The van der Waals surface area contributed by atoms with Crippen molar-refractivity contribution in [2.45, 2.75) is 19.5 Å². The van der Waals surface area contributed by atoms with Crippen LogP contribution in [0.25, 0.3) is 0 Å². The lowest BCUT2D eigenvalue weighted by atomic mass is 10.3. The summed E-state index contributed by atoms with van der Waals surface area (Å²) in [6.45, 7) is 2.21. The van der Waals surface area contributed by atoms with Crippen LogP contribution < -0.4 is 5.32 Å². The van der Waals surface area contributed by atoms with Crippen molar-refractivity contribution < 1.29 is 5.11 Å². The molecule has 7 heteroatoms. The van der Waals surface area contributed by atoms with Gasteiger partial charge in [-0.1, -0.05) is 5.21 Å². The van der Waals surface area contributed by atoms with Crippen molar-refractivity contribution in [1.82, 2.24) is 20.3 Å². The Morgan fingerprint density at radius 2 is 2.33 bits per heavy atom. The molecule has 0 aromatic carbocycles. The molecule has 0 fully saturated rings. The van der Waals surface area contributed by atoms with E-state index in [9.17, 15) is 0 Å². The normalized spacial score (nSPS) is 11.0. The van der Waals surface area contributed by atoms with E-state index in [1.165, 1.54) is 8.66 Å². The third-order valence-corrected chi connectivity index (χ3v) is 4.08. The predicted octanol–water partition coefficient (Wildman–Crippen LogP) is 1.43. The summed E-state index contributed by atoms with van der Waals surface area (Å²) in [4.78, 5) is 1.36. The van der Waals surface area contributed by atoms with Gasteiger partial charge in [0, 0.05) is 24.2 Å². The molecule has 0 saturated heterocycles. The molecule has 0 bridgehead atoms. The van der Waals surface area contributed by atoms with E-state index in [1.807, 2.05) is 6.20 Å². The molecule has 0 aliphatic rings. The Morgan fingerprint density at radius 1 is 1.44 bits per heavy atom. The lowest BCUT2D eigenvalue weighted by molar-refractivity contribution is 0.268. The van der Waals surface area contributed by atoms with Crippen LogP contribution in [0.15, 0.2) is 22.1 Å². The van der Waals surface area contributed by atoms with Gasteiger partial charge < -0.3 is 10.4 Å². The average Bonchev–Trinajstić information content (AvgIpc) is 2.95. The molecule has 2 N–H and O–H groups in total. The molecule has 0 aliphatic carbocycles. The van der Waals surface area contributed by atoms with Crippen LogP contribution in [-0.4, -0.2) is 33.3 Å². The topological polar surface area (TPSA) is 63.0 Å². The molecule has 2 aromatic rings. The quantitative estimate of drug-likeness (QED) is 0.754. The Labute approximate surface area is 118 Å². The van der Waals surface area contributed by atoms with Crippen LogP contribution in [0.4, 0.5) is 0 Å². The van der Waals surface area contributed by atoms with Crippen molar-refractivity contribution in [3.05, 3.63) is 32.7 Å². The number of aromatic nitrogens is 3. The SMILES string of the molecule is OCCn1cc(CNCCc2ccc(Br)s2)nn1. The van der Waals surface area contributed by atoms with Gasteiger partial charge in [0.2, 0.25) is 0 Å². The molecule has 2 rings (SSSR count). The number of nitrogens with zero attached hydrogens (tertiary/aromatic N) is 3. The number of hydrogen-bond acceptors (Lipinski definition) is 5. The first kappa shape index (κ1) is 13.7. The fourth-order valence-corrected chi connectivity index (χ4v) is 3.03. The van der Waals surface area contributed by atoms with Crippen LogP contribution in [0.2, 0.25) is 0 Å². The minimum atomic E-state index is 0.0868. The van der Waals surface area contributed by atoms with Gasteiger partial charge in [0.05, 0.1) is 22.6 Å². The van der Waals surface area contributed by atoms with Gasteiger partial charge in [0.15, 0.2) is 0 Å². The maximum absolute atomic E-state index is 8.76. The number of thiophene rings is 1. The molecule has 18 heavy (non-hydrogen) atoms. The third-order valence-electron chi connectivity index (χ3n) is 2.40. The molecule has 0 radical (unpaired) electrons. The van der Waals surface area contributed by atoms with Gasteiger partial charge in [0.1, 0.15) is 0 Å². The number of halogens is 1. The molecule has 2 heterocycles. The molecule has 5 nitrogen and oxygen atoms in total. The van der Waals surface area contributed by atoms with Crippen molar-refractivity contribution in [2.75, 3.05) is 13.2 Å². The molecule has 0 atom stereocenters. The van der Waals surface area contributed by atoms with Crippen LogP contribution in [0.1, 0.15) is 10.6 Å². The second-order valence-electron chi connectivity index (χ2n) is 3.83. The fourth-order valence-electron chi connectivity index (χ4n) is 1.55. The number of aliphatic hydroxyl groups excluding tert-OH is 1. The van der Waals surface area contributed by atoms with E-state index in [0.717, 1.165) is 18.7 Å². The predicted molar refractivity (Wildman–Crippen MR) is 74.5 cm³/mol. The monoisotopic (exact) mass is 330 g/mol. The van der Waals surface area contributed by atoms with E-state index in [4.69, 9.17) is 5.11 Å². The van der Waals surface area contributed by atoms with Crippen molar-refractivity contribution in [2.24, 2.45) is 0 Å². The van der Waals surface area contributed by atoms with Crippen molar-refractivity contribution in [3.63, 3.8) is 0 Å². The summed E-state index contributed by atoms with van der Waals surface area (Å²) < 4.78 is 2.82. The summed E-state index contributed by atoms with van der Waals surface area (Å²) in [5.41, 5.74) is 0.899. The lowest BCUT2D eigenvalue weighted by Crippen LogP contribution is -2.16. The molecular formula is C11H15BrN4OS. The van der Waals surface area contributed by atoms with Crippen LogP contribution in [0.5, 0.6) is 0 Å². The summed E-state index contributed by atoms with van der Waals surface area (Å²) in [5.74, 6) is 0. The highest BCUT2D eigenvalue weighted by molar-refractivity contribution is 9.11. The van der Waals surface area contributed by atoms with Crippen molar-refractivity contribution in [3.8, 4) is 0 Å². The average molecular weight is 331 g/mol. The molecule has 0 aliphatic heterocycles. The van der Waals surface area contributed by atoms with E-state index in [2.05, 4.69) is 43.7 Å². The Bertz CT molecular complexity index is 485. The van der Waals surface area contributed by atoms with Crippen LogP contribution in [0, 0.1) is 0 Å². The molecule has 2 aromatic heterocycles. The minimum Gasteiger partial charge on any atom is -0.394 e. The first-order valence-corrected chi connectivity index (χ1v) is 7.33. The summed E-state index contributed by atoms with van der Waals surface area (Å²) in [5, 5.41) is 20.0. The number of hydrogen-bond donors (Lipinski definition) is 2. The van der Waals surface area contributed by atoms with E-state index in [0.29, 0.717) is 13.1 Å². The number of aliphatic hydroxyl groups is 1. The van der Waals surface area contributed by atoms with Gasteiger partial charge in [-0.25, -0.2) is 4.68 Å². The standard InChI is InChI=1S/C11H15BrN4OS/c12-11-2-1-10(18-11)3-4-13-7-9-8-16(5-6-17)15-14-9/h1-2,8,13,17H,3-7H2. The Kier molecular flexibility index (Phi) is 5.30. The smallest absolute Gasteiger partial charge is 0.0964 e. The number of nitrogens with one attached hydrogen (secondary N) is 1. The molecule has 0 unspecified atom stereocenters. The highest BCUT2D eigenvalue weighted by Crippen LogP contribution is 2.21. The van der Waals surface area contributed by atoms with Gasteiger partial charge in [-0.05, 0) is 34.5 Å². The Morgan fingerprint density at radius 3 is 3.06 bits per heavy atom. The summed E-state index contributed by atoms with van der Waals surface area (Å²) in [6, 6.07) is 4.20. The second kappa shape index (κ2) is 6.98. The first-order valence-electron chi connectivity index (χ1n) is 5.73. The van der Waals surface area contributed by atoms with Gasteiger partial charge in [-0.15, -0.1) is 16.4 Å². The summed E-state index contributed by atoms with van der Waals surface area (Å²) in [6.07, 6.45) is 2.87. The minimum absolute atomic E-state index is 0.0868. The zero-order valence-corrected chi connectivity index (χ0v) is 12.2. The van der Waals surface area contributed by atoms with Gasteiger partial charge in [-0.2, -0.15) is 0 Å². The van der Waals surface area contributed by atoms with E-state index in [1.54, 1.807) is 16.0 Å². The Balaban J connectivity index is 1.68. The second-order valence-corrected chi connectivity index (χ2v) is 6.38. The highest BCUT2D eigenvalue weighted by Gasteiger charge is 2.01. The third kappa shape index (κ3) is 4.16. The largest absolute Gasteiger partial charge is 0.394 e. The molecule has 98 valence electrons. The zero-order valence-electron chi connectivity index (χ0n) is 9.84. The van der Waals surface area contributed by atoms with Gasteiger partial charge in [-0.3, -0.25) is 0 Å². The van der Waals surface area contributed by atoms with Crippen LogP contribution >= 0.6 is 27.3 Å². The van der Waals surface area contributed by atoms with Crippen molar-refractivity contribution in [1.29, 1.82) is 0 Å². The summed E-state index contributed by atoms with van der Waals surface area (Å²) in [7, 11) is 0. The molecular weight excluding hydrogens is 316 g/mol. The summed E-state index contributed by atoms with van der Waals surface area (Å²) >= 11 is 5.21. The first-order chi connectivity index (χ1) is 8.78. The molecule has 0 amide bonds. The van der Waals surface area contributed by atoms with E-state index < -0.39 is 0 Å². The number of rotatable bonds is 7. The fraction of sp³-hybridized carbons (Fsp3) is 0.455. The van der Waals surface area contributed by atoms with E-state index in [-0.39, 0.29) is 6.61 Å². The van der Waals surface area contributed by atoms with Crippen molar-refractivity contribution >= 4 is 27.3 Å². The Hall–Kier alpha value is -0.760. The lowest BCUT2D eigenvalue weighted by Gasteiger charge is -2.00. The highest BCUT2D eigenvalue weighted by atomic mass is 79.9. The van der Waals surface area contributed by atoms with Crippen LogP contribution in [-0.2, 0) is 19.5 Å². The van der Waals surface area contributed by atoms with Gasteiger partial charge >= 0.3 is 0 Å². The maximum atomic E-state index is 8.76. The molecule has 0 saturated carbocycles. The zero-order chi connectivity index (χ0) is 12.8. The van der Waals surface area contributed by atoms with E-state index >= 15 is 0 Å². The maximum Gasteiger partial charge on any atom is 0.0964 e. The van der Waals surface area contributed by atoms with Crippen LogP contribution in [0.3, 0.4) is 0 Å². The molecule has 0 spiro atoms. The van der Waals surface area contributed by atoms with Gasteiger partial charge in [0.25, 0.3) is 0 Å².